The van der Waals surface area contributed by atoms with Crippen molar-refractivity contribution < 1.29 is 13.6 Å². The lowest BCUT2D eigenvalue weighted by molar-refractivity contribution is -0.132. The van der Waals surface area contributed by atoms with Crippen LogP contribution in [0.4, 0.5) is 14.5 Å². The highest BCUT2D eigenvalue weighted by Crippen LogP contribution is 2.30. The number of likely N-dealkylation sites (N-methyl/N-ethyl adjacent to an activating group) is 1. The van der Waals surface area contributed by atoms with E-state index in [-0.39, 0.29) is 16.8 Å². The van der Waals surface area contributed by atoms with Crippen LogP contribution in [0.3, 0.4) is 0 Å². The fourth-order valence-electron chi connectivity index (χ4n) is 3.01. The number of nitrogens with zero attached hydrogens (tertiary/aromatic N) is 4. The lowest BCUT2D eigenvalue weighted by Crippen LogP contribution is -2.50. The summed E-state index contributed by atoms with van der Waals surface area (Å²) in [5.74, 6) is -0.940. The van der Waals surface area contributed by atoms with Crippen molar-refractivity contribution in [2.75, 3.05) is 51.7 Å². The molecule has 5 nitrogen and oxygen atoms in total. The van der Waals surface area contributed by atoms with Crippen molar-refractivity contribution in [1.82, 2.24) is 14.8 Å². The van der Waals surface area contributed by atoms with Crippen LogP contribution in [0.25, 0.3) is 10.9 Å². The second-order valence-corrected chi connectivity index (χ2v) is 6.19. The Morgan fingerprint density at radius 3 is 2.46 bits per heavy atom. The number of carbonyl (C=O) groups excluding carboxylic acids is 1. The fraction of sp³-hybridized carbons (Fsp3) is 0.412. The first kappa shape index (κ1) is 16.6. The molecule has 1 aliphatic heterocycles. The molecule has 0 unspecified atom stereocenters. The van der Waals surface area contributed by atoms with Gasteiger partial charge in [-0.1, -0.05) is 0 Å². The lowest BCUT2D eigenvalue weighted by atomic mass is 10.1. The van der Waals surface area contributed by atoms with Crippen molar-refractivity contribution in [3.63, 3.8) is 0 Å². The largest absolute Gasteiger partial charge is 0.367 e. The molecule has 7 heteroatoms. The number of amides is 1. The summed E-state index contributed by atoms with van der Waals surface area (Å²) < 4.78 is 28.1. The minimum atomic E-state index is -0.534. The zero-order valence-electron chi connectivity index (χ0n) is 13.8. The molecular weight excluding hydrogens is 314 g/mol. The van der Waals surface area contributed by atoms with E-state index in [0.717, 1.165) is 12.1 Å². The summed E-state index contributed by atoms with van der Waals surface area (Å²) in [5, 5.41) is 0.200. The zero-order chi connectivity index (χ0) is 17.3. The summed E-state index contributed by atoms with van der Waals surface area (Å²) in [5.41, 5.74) is 0.662. The number of hydrogen-bond donors (Lipinski definition) is 0. The van der Waals surface area contributed by atoms with Crippen molar-refractivity contribution in [2.45, 2.75) is 0 Å². The van der Waals surface area contributed by atoms with Gasteiger partial charge >= 0.3 is 0 Å². The maximum absolute atomic E-state index is 14.2. The molecule has 0 radical (unpaired) electrons. The SMILES string of the molecule is CN(C)CC(=O)N1CCN(c2ccnc3c(F)ccc(F)c23)CC1. The topological polar surface area (TPSA) is 39.7 Å². The van der Waals surface area contributed by atoms with Crippen LogP contribution in [-0.4, -0.2) is 67.5 Å². The van der Waals surface area contributed by atoms with Gasteiger partial charge in [0.05, 0.1) is 17.6 Å². The molecule has 1 aromatic heterocycles. The molecule has 0 bridgehead atoms. The Bertz CT molecular complexity index is 758. The van der Waals surface area contributed by atoms with E-state index in [1.165, 1.54) is 6.20 Å². The number of fused-ring (bicyclic) bond motifs is 1. The van der Waals surface area contributed by atoms with Crippen molar-refractivity contribution in [3.05, 3.63) is 36.0 Å². The van der Waals surface area contributed by atoms with Gasteiger partial charge in [0, 0.05) is 32.4 Å². The molecule has 0 saturated carbocycles. The van der Waals surface area contributed by atoms with Gasteiger partial charge in [0.25, 0.3) is 0 Å². The average molecular weight is 334 g/mol. The molecule has 1 aliphatic rings. The molecule has 128 valence electrons. The average Bonchev–Trinajstić information content (AvgIpc) is 2.57. The number of anilines is 1. The Balaban J connectivity index is 1.81. The van der Waals surface area contributed by atoms with Crippen LogP contribution in [0.1, 0.15) is 0 Å². The zero-order valence-corrected chi connectivity index (χ0v) is 13.8. The van der Waals surface area contributed by atoms with Crippen molar-refractivity contribution in [3.8, 4) is 0 Å². The van der Waals surface area contributed by atoms with E-state index in [2.05, 4.69) is 4.98 Å². The molecule has 1 fully saturated rings. The second-order valence-electron chi connectivity index (χ2n) is 6.19. The van der Waals surface area contributed by atoms with Crippen LogP contribution in [0.5, 0.6) is 0 Å². The first-order valence-corrected chi connectivity index (χ1v) is 7.87. The van der Waals surface area contributed by atoms with Crippen LogP contribution in [0.2, 0.25) is 0 Å². The monoisotopic (exact) mass is 334 g/mol. The standard InChI is InChI=1S/C17H20F2N4O/c1-21(2)11-15(24)23-9-7-22(8-10-23)14-5-6-20-17-13(19)4-3-12(18)16(14)17/h3-6H,7-11H2,1-2H3. The van der Waals surface area contributed by atoms with E-state index in [1.807, 2.05) is 23.9 Å². The third kappa shape index (κ3) is 3.17. The Morgan fingerprint density at radius 1 is 1.12 bits per heavy atom. The van der Waals surface area contributed by atoms with Gasteiger partial charge < -0.3 is 14.7 Å². The summed E-state index contributed by atoms with van der Waals surface area (Å²) in [6, 6.07) is 3.91. The molecule has 1 amide bonds. The molecule has 1 saturated heterocycles. The van der Waals surface area contributed by atoms with Crippen molar-refractivity contribution in [2.24, 2.45) is 0 Å². The Hall–Kier alpha value is -2.28. The van der Waals surface area contributed by atoms with Gasteiger partial charge in [0.15, 0.2) is 0 Å². The van der Waals surface area contributed by atoms with Crippen LogP contribution in [-0.2, 0) is 4.79 Å². The molecule has 1 aromatic carbocycles. The Kier molecular flexibility index (Phi) is 4.62. The van der Waals surface area contributed by atoms with Gasteiger partial charge in [-0.2, -0.15) is 0 Å². The van der Waals surface area contributed by atoms with E-state index < -0.39 is 11.6 Å². The summed E-state index contributed by atoms with van der Waals surface area (Å²) in [6.45, 7) is 2.65. The third-order valence-corrected chi connectivity index (χ3v) is 4.19. The molecule has 0 spiro atoms. The van der Waals surface area contributed by atoms with Gasteiger partial charge in [0.1, 0.15) is 17.2 Å². The highest BCUT2D eigenvalue weighted by atomic mass is 19.1. The Labute approximate surface area is 139 Å². The predicted molar refractivity (Wildman–Crippen MR) is 89.0 cm³/mol. The molecule has 0 aliphatic carbocycles. The molecule has 0 N–H and O–H groups in total. The van der Waals surface area contributed by atoms with E-state index >= 15 is 0 Å². The molecule has 24 heavy (non-hydrogen) atoms. The summed E-state index contributed by atoms with van der Waals surface area (Å²) >= 11 is 0. The highest BCUT2D eigenvalue weighted by molar-refractivity contribution is 5.92. The van der Waals surface area contributed by atoms with Gasteiger partial charge in [-0.3, -0.25) is 9.78 Å². The van der Waals surface area contributed by atoms with Gasteiger partial charge in [-0.15, -0.1) is 0 Å². The first-order chi connectivity index (χ1) is 11.5. The molecular formula is C17H20F2N4O. The highest BCUT2D eigenvalue weighted by Gasteiger charge is 2.23. The van der Waals surface area contributed by atoms with Gasteiger partial charge in [-0.05, 0) is 32.3 Å². The quantitative estimate of drug-likeness (QED) is 0.857. The number of piperazine rings is 1. The third-order valence-electron chi connectivity index (χ3n) is 4.19. The van der Waals surface area contributed by atoms with E-state index in [4.69, 9.17) is 0 Å². The minimum absolute atomic E-state index is 0.0404. The number of benzene rings is 1. The first-order valence-electron chi connectivity index (χ1n) is 7.87. The summed E-state index contributed by atoms with van der Waals surface area (Å²) in [6.07, 6.45) is 1.49. The maximum Gasteiger partial charge on any atom is 0.236 e. The number of carbonyl (C=O) groups is 1. The molecule has 2 heterocycles. The number of halogens is 2. The van der Waals surface area contributed by atoms with Gasteiger partial charge in [0.2, 0.25) is 5.91 Å². The Morgan fingerprint density at radius 2 is 1.79 bits per heavy atom. The van der Waals surface area contributed by atoms with Crippen LogP contribution in [0.15, 0.2) is 24.4 Å². The molecule has 0 atom stereocenters. The van der Waals surface area contributed by atoms with Crippen molar-refractivity contribution in [1.29, 1.82) is 0 Å². The lowest BCUT2D eigenvalue weighted by Gasteiger charge is -2.37. The number of rotatable bonds is 3. The summed E-state index contributed by atoms with van der Waals surface area (Å²) in [4.78, 5) is 21.7. The fourth-order valence-corrected chi connectivity index (χ4v) is 3.01. The van der Waals surface area contributed by atoms with E-state index in [9.17, 15) is 13.6 Å². The van der Waals surface area contributed by atoms with Crippen LogP contribution < -0.4 is 4.90 Å². The number of hydrogen-bond acceptors (Lipinski definition) is 4. The summed E-state index contributed by atoms with van der Waals surface area (Å²) in [7, 11) is 3.71. The number of pyridine rings is 1. The second kappa shape index (κ2) is 6.68. The maximum atomic E-state index is 14.2. The molecule has 3 rings (SSSR count). The normalized spacial score (nSPS) is 15.4. The van der Waals surface area contributed by atoms with E-state index in [0.29, 0.717) is 38.4 Å². The molecule has 2 aromatic rings. The predicted octanol–water partition coefficient (Wildman–Crippen LogP) is 1.72. The van der Waals surface area contributed by atoms with Crippen molar-refractivity contribution >= 4 is 22.5 Å². The van der Waals surface area contributed by atoms with Crippen LogP contribution in [0, 0.1) is 11.6 Å². The van der Waals surface area contributed by atoms with Gasteiger partial charge in [-0.25, -0.2) is 8.78 Å². The smallest absolute Gasteiger partial charge is 0.236 e. The number of aromatic nitrogens is 1. The minimum Gasteiger partial charge on any atom is -0.367 e. The van der Waals surface area contributed by atoms with E-state index in [1.54, 1.807) is 11.0 Å². The van der Waals surface area contributed by atoms with Crippen LogP contribution >= 0.6 is 0 Å².